The monoisotopic (exact) mass is 301 g/mol. The van der Waals surface area contributed by atoms with Gasteiger partial charge in [0.15, 0.2) is 0 Å². The molecule has 0 saturated heterocycles. The Morgan fingerprint density at radius 3 is 2.67 bits per heavy atom. The zero-order chi connectivity index (χ0) is 14.4. The summed E-state index contributed by atoms with van der Waals surface area (Å²) in [6.07, 6.45) is 10.1. The van der Waals surface area contributed by atoms with Crippen molar-refractivity contribution in [3.8, 4) is 0 Å². The Kier molecular flexibility index (Phi) is 3.37. The van der Waals surface area contributed by atoms with Gasteiger partial charge in [-0.2, -0.15) is 0 Å². The van der Waals surface area contributed by atoms with Crippen LogP contribution in [0.25, 0.3) is 0 Å². The van der Waals surface area contributed by atoms with Gasteiger partial charge in [0, 0.05) is 18.3 Å². The quantitative estimate of drug-likeness (QED) is 0.849. The van der Waals surface area contributed by atoms with Crippen LogP contribution in [0.15, 0.2) is 6.07 Å². The first kappa shape index (κ1) is 13.5. The molecule has 2 saturated carbocycles. The van der Waals surface area contributed by atoms with Gasteiger partial charge in [-0.1, -0.05) is 12.2 Å². The number of aryl methyl sites for hydroxylation is 2. The molecule has 0 radical (unpaired) electrons. The second-order valence-electron chi connectivity index (χ2n) is 6.86. The lowest BCUT2D eigenvalue weighted by molar-refractivity contribution is 0.657. The largest absolute Gasteiger partial charge is 0.389 e. The summed E-state index contributed by atoms with van der Waals surface area (Å²) in [5.41, 5.74) is 9.69. The first-order valence-electron chi connectivity index (χ1n) is 8.31. The summed E-state index contributed by atoms with van der Waals surface area (Å²) in [7, 11) is 0. The molecule has 0 atom stereocenters. The van der Waals surface area contributed by atoms with Crippen LogP contribution in [0.5, 0.6) is 0 Å². The lowest BCUT2D eigenvalue weighted by atomic mass is 9.94. The molecule has 2 fully saturated rings. The number of hydrogen-bond acceptors (Lipinski definition) is 3. The van der Waals surface area contributed by atoms with Crippen molar-refractivity contribution in [1.82, 2.24) is 4.98 Å². The molecular formula is C17H23N3S. The predicted molar refractivity (Wildman–Crippen MR) is 89.9 cm³/mol. The van der Waals surface area contributed by atoms with E-state index in [9.17, 15) is 0 Å². The average Bonchev–Trinajstić information content (AvgIpc) is 3.36. The van der Waals surface area contributed by atoms with E-state index in [1.165, 1.54) is 49.8 Å². The molecule has 0 unspecified atom stereocenters. The molecule has 1 aromatic heterocycles. The van der Waals surface area contributed by atoms with E-state index < -0.39 is 0 Å². The van der Waals surface area contributed by atoms with Gasteiger partial charge in [-0.3, -0.25) is 0 Å². The summed E-state index contributed by atoms with van der Waals surface area (Å²) in [4.78, 5) is 8.06. The highest BCUT2D eigenvalue weighted by Gasteiger charge is 2.36. The number of thiocarbonyl (C=S) groups is 1. The van der Waals surface area contributed by atoms with Gasteiger partial charge in [-0.15, -0.1) is 0 Å². The Morgan fingerprint density at radius 2 is 2.00 bits per heavy atom. The fraction of sp³-hybridized carbons (Fsp3) is 0.647. The molecule has 0 spiro atoms. The summed E-state index contributed by atoms with van der Waals surface area (Å²) in [6.45, 7) is 1.14. The van der Waals surface area contributed by atoms with Crippen molar-refractivity contribution in [2.24, 2.45) is 11.7 Å². The third-order valence-corrected chi connectivity index (χ3v) is 5.18. The minimum absolute atomic E-state index is 0.507. The zero-order valence-electron chi connectivity index (χ0n) is 12.5. The van der Waals surface area contributed by atoms with Crippen LogP contribution in [0, 0.1) is 5.92 Å². The maximum absolute atomic E-state index is 6.02. The van der Waals surface area contributed by atoms with Gasteiger partial charge in [-0.25, -0.2) is 4.98 Å². The summed E-state index contributed by atoms with van der Waals surface area (Å²) >= 11 is 5.32. The fourth-order valence-electron chi connectivity index (χ4n) is 3.40. The van der Waals surface area contributed by atoms with Crippen molar-refractivity contribution in [2.45, 2.75) is 57.4 Å². The molecule has 21 heavy (non-hydrogen) atoms. The van der Waals surface area contributed by atoms with Gasteiger partial charge >= 0.3 is 0 Å². The summed E-state index contributed by atoms with van der Waals surface area (Å²) < 4.78 is 0. The zero-order valence-corrected chi connectivity index (χ0v) is 13.3. The van der Waals surface area contributed by atoms with Crippen LogP contribution < -0.4 is 10.6 Å². The van der Waals surface area contributed by atoms with Gasteiger partial charge in [0.05, 0.1) is 5.56 Å². The van der Waals surface area contributed by atoms with E-state index in [-0.39, 0.29) is 0 Å². The Hall–Kier alpha value is -1.16. The van der Waals surface area contributed by atoms with Gasteiger partial charge in [0.1, 0.15) is 10.8 Å². The highest BCUT2D eigenvalue weighted by Crippen LogP contribution is 2.39. The van der Waals surface area contributed by atoms with E-state index in [1.54, 1.807) is 0 Å². The predicted octanol–water partition coefficient (Wildman–Crippen LogP) is 2.97. The van der Waals surface area contributed by atoms with E-state index in [0.29, 0.717) is 11.0 Å². The van der Waals surface area contributed by atoms with Crippen LogP contribution in [0.1, 0.15) is 55.3 Å². The van der Waals surface area contributed by atoms with E-state index in [0.717, 1.165) is 36.7 Å². The Balaban J connectivity index is 1.74. The third-order valence-electron chi connectivity index (χ3n) is 4.96. The van der Waals surface area contributed by atoms with Crippen LogP contribution in [-0.4, -0.2) is 22.6 Å². The van der Waals surface area contributed by atoms with Crippen molar-refractivity contribution < 1.29 is 0 Å². The molecule has 4 heteroatoms. The molecule has 3 nitrogen and oxygen atoms in total. The van der Waals surface area contributed by atoms with Crippen molar-refractivity contribution in [3.63, 3.8) is 0 Å². The topological polar surface area (TPSA) is 42.1 Å². The van der Waals surface area contributed by atoms with Crippen LogP contribution in [-0.2, 0) is 12.8 Å². The molecule has 4 rings (SSSR count). The minimum Gasteiger partial charge on any atom is -0.389 e. The molecule has 0 aromatic carbocycles. The highest BCUT2D eigenvalue weighted by molar-refractivity contribution is 7.80. The van der Waals surface area contributed by atoms with Crippen LogP contribution in [0.2, 0.25) is 0 Å². The van der Waals surface area contributed by atoms with Crippen LogP contribution in [0.4, 0.5) is 5.82 Å². The maximum atomic E-state index is 6.02. The summed E-state index contributed by atoms with van der Waals surface area (Å²) in [5, 5.41) is 0. The average molecular weight is 301 g/mol. The van der Waals surface area contributed by atoms with Crippen molar-refractivity contribution in [1.29, 1.82) is 0 Å². The Morgan fingerprint density at radius 1 is 1.24 bits per heavy atom. The van der Waals surface area contributed by atoms with Gasteiger partial charge in [0.25, 0.3) is 0 Å². The van der Waals surface area contributed by atoms with Gasteiger partial charge in [0.2, 0.25) is 0 Å². The highest BCUT2D eigenvalue weighted by atomic mass is 32.1. The lowest BCUT2D eigenvalue weighted by Gasteiger charge is -2.28. The molecule has 1 aromatic rings. The molecule has 0 bridgehead atoms. The van der Waals surface area contributed by atoms with E-state index in [2.05, 4.69) is 11.0 Å². The van der Waals surface area contributed by atoms with Crippen LogP contribution >= 0.6 is 12.2 Å². The number of hydrogen-bond donors (Lipinski definition) is 1. The molecule has 1 heterocycles. The van der Waals surface area contributed by atoms with Gasteiger partial charge in [-0.05, 0) is 68.9 Å². The SMILES string of the molecule is NC(=S)c1cc2c(nc1N(CC1CC1)C1CC1)CCCC2. The number of fused-ring (bicyclic) bond motifs is 1. The number of pyridine rings is 1. The fourth-order valence-corrected chi connectivity index (χ4v) is 3.55. The molecule has 3 aliphatic carbocycles. The molecule has 2 N–H and O–H groups in total. The molecule has 0 amide bonds. The van der Waals surface area contributed by atoms with E-state index in [4.69, 9.17) is 22.9 Å². The number of aromatic nitrogens is 1. The minimum atomic E-state index is 0.507. The first-order valence-corrected chi connectivity index (χ1v) is 8.72. The normalized spacial score (nSPS) is 21.0. The van der Waals surface area contributed by atoms with Crippen molar-refractivity contribution in [2.75, 3.05) is 11.4 Å². The number of rotatable bonds is 5. The smallest absolute Gasteiger partial charge is 0.139 e. The standard InChI is InChI=1S/C17H23N3S/c18-16(21)14-9-12-3-1-2-4-15(12)19-17(14)20(13-7-8-13)10-11-5-6-11/h9,11,13H,1-8,10H2,(H2,18,21). The molecular weight excluding hydrogens is 278 g/mol. The first-order chi connectivity index (χ1) is 10.2. The number of anilines is 1. The third kappa shape index (κ3) is 2.78. The Bertz CT molecular complexity index is 576. The van der Waals surface area contributed by atoms with Crippen LogP contribution in [0.3, 0.4) is 0 Å². The number of nitrogens with two attached hydrogens (primary N) is 1. The molecule has 0 aliphatic heterocycles. The van der Waals surface area contributed by atoms with E-state index in [1.807, 2.05) is 0 Å². The van der Waals surface area contributed by atoms with Crippen molar-refractivity contribution in [3.05, 3.63) is 22.9 Å². The second-order valence-corrected chi connectivity index (χ2v) is 7.30. The number of nitrogens with zero attached hydrogens (tertiary/aromatic N) is 2. The van der Waals surface area contributed by atoms with E-state index >= 15 is 0 Å². The van der Waals surface area contributed by atoms with Crippen molar-refractivity contribution >= 4 is 23.0 Å². The second kappa shape index (κ2) is 5.24. The lowest BCUT2D eigenvalue weighted by Crippen LogP contribution is -2.32. The maximum Gasteiger partial charge on any atom is 0.139 e. The molecule has 112 valence electrons. The Labute approximate surface area is 131 Å². The van der Waals surface area contributed by atoms with Gasteiger partial charge < -0.3 is 10.6 Å². The summed E-state index contributed by atoms with van der Waals surface area (Å²) in [5.74, 6) is 1.94. The summed E-state index contributed by atoms with van der Waals surface area (Å²) in [6, 6.07) is 2.91. The molecule has 3 aliphatic rings.